The van der Waals surface area contributed by atoms with Crippen molar-refractivity contribution in [1.29, 1.82) is 0 Å². The van der Waals surface area contributed by atoms with E-state index in [0.717, 1.165) is 11.3 Å². The summed E-state index contributed by atoms with van der Waals surface area (Å²) in [5.41, 5.74) is 1.24. The van der Waals surface area contributed by atoms with Crippen LogP contribution in [0.2, 0.25) is 8.67 Å². The summed E-state index contributed by atoms with van der Waals surface area (Å²) in [5, 5.41) is 11.8. The van der Waals surface area contributed by atoms with Crippen LogP contribution in [0.1, 0.15) is 26.3 Å². The minimum Gasteiger partial charge on any atom is -0.478 e. The number of hydrogen-bond donors (Lipinski definition) is 2. The molecule has 1 aromatic carbocycles. The lowest BCUT2D eigenvalue weighted by atomic mass is 10.0. The summed E-state index contributed by atoms with van der Waals surface area (Å²) in [4.78, 5) is 23.0. The molecule has 110 valence electrons. The SMILES string of the molecule is O=C(O)c1ccccc1CCNC(=O)c1cc(Cl)sc1Cl. The van der Waals surface area contributed by atoms with Gasteiger partial charge < -0.3 is 10.4 Å². The zero-order valence-corrected chi connectivity index (χ0v) is 13.1. The maximum atomic E-state index is 11.9. The normalized spacial score (nSPS) is 10.4. The molecule has 1 aromatic heterocycles. The fourth-order valence-electron chi connectivity index (χ4n) is 1.85. The monoisotopic (exact) mass is 343 g/mol. The molecule has 2 rings (SSSR count). The number of aromatic carboxylic acids is 1. The molecule has 0 spiro atoms. The first-order valence-corrected chi connectivity index (χ1v) is 7.60. The Hall–Kier alpha value is -1.56. The number of carbonyl (C=O) groups excluding carboxylic acids is 1. The van der Waals surface area contributed by atoms with Crippen LogP contribution in [0.25, 0.3) is 0 Å². The van der Waals surface area contributed by atoms with Gasteiger partial charge in [0.05, 0.1) is 15.5 Å². The summed E-state index contributed by atoms with van der Waals surface area (Å²) in [5.74, 6) is -1.31. The molecule has 0 radical (unpaired) electrons. The largest absolute Gasteiger partial charge is 0.478 e. The summed E-state index contributed by atoms with van der Waals surface area (Å²) in [6.45, 7) is 0.312. The first kappa shape index (κ1) is 15.8. The van der Waals surface area contributed by atoms with Crippen molar-refractivity contribution in [3.63, 3.8) is 0 Å². The number of hydrogen-bond acceptors (Lipinski definition) is 3. The van der Waals surface area contributed by atoms with E-state index in [9.17, 15) is 9.59 Å². The molecule has 0 saturated carbocycles. The average Bonchev–Trinajstić information content (AvgIpc) is 2.78. The fraction of sp³-hybridized carbons (Fsp3) is 0.143. The number of benzene rings is 1. The van der Waals surface area contributed by atoms with Gasteiger partial charge in [0.25, 0.3) is 5.91 Å². The number of carboxylic acids is 1. The Morgan fingerprint density at radius 1 is 1.19 bits per heavy atom. The van der Waals surface area contributed by atoms with E-state index >= 15 is 0 Å². The van der Waals surface area contributed by atoms with Crippen LogP contribution in [0, 0.1) is 0 Å². The van der Waals surface area contributed by atoms with Gasteiger partial charge in [-0.3, -0.25) is 4.79 Å². The van der Waals surface area contributed by atoms with Crippen LogP contribution in [-0.2, 0) is 6.42 Å². The zero-order valence-electron chi connectivity index (χ0n) is 10.7. The van der Waals surface area contributed by atoms with E-state index in [2.05, 4.69) is 5.32 Å². The molecule has 4 nitrogen and oxygen atoms in total. The van der Waals surface area contributed by atoms with E-state index in [1.165, 1.54) is 12.1 Å². The molecule has 0 atom stereocenters. The van der Waals surface area contributed by atoms with Crippen molar-refractivity contribution in [2.24, 2.45) is 0 Å². The molecule has 2 N–H and O–H groups in total. The first-order valence-electron chi connectivity index (χ1n) is 6.03. The van der Waals surface area contributed by atoms with Gasteiger partial charge in [0.15, 0.2) is 0 Å². The number of rotatable bonds is 5. The second-order valence-corrected chi connectivity index (χ2v) is 6.49. The quantitative estimate of drug-likeness (QED) is 0.869. The summed E-state index contributed by atoms with van der Waals surface area (Å²) < 4.78 is 0.782. The summed E-state index contributed by atoms with van der Waals surface area (Å²) in [6, 6.07) is 8.20. The summed E-state index contributed by atoms with van der Waals surface area (Å²) in [7, 11) is 0. The number of halogens is 2. The highest BCUT2D eigenvalue weighted by atomic mass is 35.5. The molecule has 1 heterocycles. The number of amides is 1. The number of nitrogens with one attached hydrogen (secondary N) is 1. The van der Waals surface area contributed by atoms with Crippen LogP contribution in [0.15, 0.2) is 30.3 Å². The van der Waals surface area contributed by atoms with Gasteiger partial charge in [0.1, 0.15) is 4.34 Å². The number of thiophene rings is 1. The Kier molecular flexibility index (Phi) is 5.22. The molecule has 0 aliphatic rings. The lowest BCUT2D eigenvalue weighted by Gasteiger charge is -2.07. The smallest absolute Gasteiger partial charge is 0.335 e. The predicted molar refractivity (Wildman–Crippen MR) is 83.8 cm³/mol. The summed E-state index contributed by atoms with van der Waals surface area (Å²) >= 11 is 12.8. The van der Waals surface area contributed by atoms with E-state index in [-0.39, 0.29) is 11.5 Å². The van der Waals surface area contributed by atoms with Crippen molar-refractivity contribution in [2.45, 2.75) is 6.42 Å². The highest BCUT2D eigenvalue weighted by Gasteiger charge is 2.14. The number of carboxylic acid groups (broad SMARTS) is 1. The fourth-order valence-corrected chi connectivity index (χ4v) is 3.31. The Morgan fingerprint density at radius 3 is 2.52 bits per heavy atom. The van der Waals surface area contributed by atoms with Crippen LogP contribution in [0.4, 0.5) is 0 Å². The van der Waals surface area contributed by atoms with E-state index in [1.54, 1.807) is 18.2 Å². The van der Waals surface area contributed by atoms with Gasteiger partial charge in [-0.15, -0.1) is 11.3 Å². The third-order valence-corrected chi connectivity index (χ3v) is 4.32. The molecule has 7 heteroatoms. The standard InChI is InChI=1S/C14H11Cl2NO3S/c15-11-7-10(12(16)21-11)13(18)17-6-5-8-3-1-2-4-9(8)14(19)20/h1-4,7H,5-6H2,(H,17,18)(H,19,20). The molecule has 0 aliphatic heterocycles. The second kappa shape index (κ2) is 6.93. The summed E-state index contributed by atoms with van der Waals surface area (Å²) in [6.07, 6.45) is 0.420. The van der Waals surface area contributed by atoms with Crippen LogP contribution in [0.3, 0.4) is 0 Å². The Morgan fingerprint density at radius 2 is 1.90 bits per heavy atom. The van der Waals surface area contributed by atoms with E-state index in [1.807, 2.05) is 0 Å². The molecule has 0 unspecified atom stereocenters. The molecule has 21 heavy (non-hydrogen) atoms. The van der Waals surface area contributed by atoms with Crippen LogP contribution in [0.5, 0.6) is 0 Å². The van der Waals surface area contributed by atoms with Gasteiger partial charge in [-0.2, -0.15) is 0 Å². The third kappa shape index (κ3) is 3.97. The predicted octanol–water partition coefficient (Wildman–Crippen LogP) is 3.73. The van der Waals surface area contributed by atoms with Crippen molar-refractivity contribution in [3.8, 4) is 0 Å². The van der Waals surface area contributed by atoms with Gasteiger partial charge in [-0.25, -0.2) is 4.79 Å². The average molecular weight is 344 g/mol. The lowest BCUT2D eigenvalue weighted by Crippen LogP contribution is -2.26. The van der Waals surface area contributed by atoms with Crippen molar-refractivity contribution in [3.05, 3.63) is 55.7 Å². The highest BCUT2D eigenvalue weighted by molar-refractivity contribution is 7.20. The van der Waals surface area contributed by atoms with Crippen molar-refractivity contribution < 1.29 is 14.7 Å². The van der Waals surface area contributed by atoms with Crippen LogP contribution in [-0.4, -0.2) is 23.5 Å². The van der Waals surface area contributed by atoms with Gasteiger partial charge in [-0.1, -0.05) is 41.4 Å². The molecule has 1 amide bonds. The van der Waals surface area contributed by atoms with Gasteiger partial charge in [0.2, 0.25) is 0 Å². The van der Waals surface area contributed by atoms with Gasteiger partial charge >= 0.3 is 5.97 Å². The molecule has 2 aromatic rings. The second-order valence-electron chi connectivity index (χ2n) is 4.21. The molecule has 0 bridgehead atoms. The minimum atomic E-state index is -0.982. The topological polar surface area (TPSA) is 66.4 Å². The molecular formula is C14H11Cl2NO3S. The molecule has 0 fully saturated rings. The maximum absolute atomic E-state index is 11.9. The highest BCUT2D eigenvalue weighted by Crippen LogP contribution is 2.30. The maximum Gasteiger partial charge on any atom is 0.335 e. The van der Waals surface area contributed by atoms with Crippen molar-refractivity contribution >= 4 is 46.4 Å². The molecular weight excluding hydrogens is 333 g/mol. The lowest BCUT2D eigenvalue weighted by molar-refractivity contribution is 0.0695. The van der Waals surface area contributed by atoms with Crippen LogP contribution >= 0.6 is 34.5 Å². The van der Waals surface area contributed by atoms with Crippen LogP contribution < -0.4 is 5.32 Å². The first-order chi connectivity index (χ1) is 9.99. The van der Waals surface area contributed by atoms with Gasteiger partial charge in [-0.05, 0) is 24.1 Å². The number of carbonyl (C=O) groups is 2. The van der Waals surface area contributed by atoms with E-state index in [0.29, 0.717) is 32.8 Å². The van der Waals surface area contributed by atoms with Crippen molar-refractivity contribution in [2.75, 3.05) is 6.54 Å². The minimum absolute atomic E-state index is 0.239. The van der Waals surface area contributed by atoms with E-state index in [4.69, 9.17) is 28.3 Å². The third-order valence-electron chi connectivity index (χ3n) is 2.83. The van der Waals surface area contributed by atoms with Crippen molar-refractivity contribution in [1.82, 2.24) is 5.32 Å². The van der Waals surface area contributed by atoms with Gasteiger partial charge in [0, 0.05) is 6.54 Å². The Balaban J connectivity index is 1.97. The molecule has 0 saturated heterocycles. The Labute approximate surface area is 135 Å². The zero-order chi connectivity index (χ0) is 15.4. The van der Waals surface area contributed by atoms with E-state index < -0.39 is 5.97 Å². The Bertz CT molecular complexity index is 685. The molecule has 0 aliphatic carbocycles.